The van der Waals surface area contributed by atoms with Crippen LogP contribution in [0.25, 0.3) is 0 Å². The van der Waals surface area contributed by atoms with E-state index < -0.39 is 0 Å². The molecule has 0 aromatic carbocycles. The zero-order valence-corrected chi connectivity index (χ0v) is 9.87. The summed E-state index contributed by atoms with van der Waals surface area (Å²) in [5.41, 5.74) is 0.243. The molecule has 88 valence electrons. The Balaban J connectivity index is 2.56. The van der Waals surface area contributed by atoms with E-state index in [2.05, 4.69) is 10.3 Å². The Hall–Kier alpha value is -1.29. The number of amides is 1. The number of rotatable bonds is 5. The van der Waals surface area contributed by atoms with E-state index in [1.54, 1.807) is 0 Å². The number of nitrogens with zero attached hydrogens (tertiary/aromatic N) is 1. The standard InChI is InChI=1S/C11H15ClN2O2/c1-8(3-2-5-12)14-11(16)9-4-6-13-7-10(9)15/h4,6-8,15H,2-3,5H2,1H3,(H,14,16). The number of hydrogen-bond donors (Lipinski definition) is 2. The van der Waals surface area contributed by atoms with E-state index in [1.165, 1.54) is 18.5 Å². The Bertz CT molecular complexity index is 358. The van der Waals surface area contributed by atoms with Gasteiger partial charge in [-0.2, -0.15) is 0 Å². The molecular formula is C11H15ClN2O2. The monoisotopic (exact) mass is 242 g/mol. The van der Waals surface area contributed by atoms with Gasteiger partial charge < -0.3 is 10.4 Å². The van der Waals surface area contributed by atoms with Gasteiger partial charge in [-0.1, -0.05) is 0 Å². The topological polar surface area (TPSA) is 62.2 Å². The number of aromatic nitrogens is 1. The van der Waals surface area contributed by atoms with Crippen molar-refractivity contribution in [1.82, 2.24) is 10.3 Å². The van der Waals surface area contributed by atoms with E-state index in [0.717, 1.165) is 12.8 Å². The first-order valence-electron chi connectivity index (χ1n) is 5.15. The molecule has 16 heavy (non-hydrogen) atoms. The summed E-state index contributed by atoms with van der Waals surface area (Å²) in [4.78, 5) is 15.4. The molecule has 1 rings (SSSR count). The van der Waals surface area contributed by atoms with Crippen LogP contribution in [0.15, 0.2) is 18.5 Å². The number of pyridine rings is 1. The molecule has 0 aliphatic heterocycles. The SMILES string of the molecule is CC(CCCCl)NC(=O)c1ccncc1O. The number of halogens is 1. The zero-order valence-electron chi connectivity index (χ0n) is 9.11. The minimum absolute atomic E-state index is 0.0406. The molecule has 1 heterocycles. The first-order chi connectivity index (χ1) is 7.65. The van der Waals surface area contributed by atoms with Crippen LogP contribution in [0, 0.1) is 0 Å². The number of aromatic hydroxyl groups is 1. The third-order valence-electron chi connectivity index (χ3n) is 2.19. The van der Waals surface area contributed by atoms with Crippen LogP contribution in [0.2, 0.25) is 0 Å². The van der Waals surface area contributed by atoms with Gasteiger partial charge in [-0.3, -0.25) is 9.78 Å². The lowest BCUT2D eigenvalue weighted by Crippen LogP contribution is -2.32. The fourth-order valence-corrected chi connectivity index (χ4v) is 1.49. The van der Waals surface area contributed by atoms with Crippen LogP contribution in [-0.4, -0.2) is 27.9 Å². The molecule has 2 N–H and O–H groups in total. The van der Waals surface area contributed by atoms with E-state index in [-0.39, 0.29) is 23.3 Å². The Morgan fingerprint density at radius 1 is 1.69 bits per heavy atom. The summed E-state index contributed by atoms with van der Waals surface area (Å²) in [6.45, 7) is 1.91. The second kappa shape index (κ2) is 6.33. The molecule has 0 aliphatic carbocycles. The summed E-state index contributed by atoms with van der Waals surface area (Å²) < 4.78 is 0. The van der Waals surface area contributed by atoms with Gasteiger partial charge in [-0.25, -0.2) is 0 Å². The fraction of sp³-hybridized carbons (Fsp3) is 0.455. The molecule has 4 nitrogen and oxygen atoms in total. The van der Waals surface area contributed by atoms with Gasteiger partial charge in [0.15, 0.2) is 0 Å². The normalized spacial score (nSPS) is 12.1. The predicted molar refractivity (Wildman–Crippen MR) is 62.8 cm³/mol. The zero-order chi connectivity index (χ0) is 12.0. The molecule has 1 aromatic rings. The van der Waals surface area contributed by atoms with Crippen molar-refractivity contribution in [3.05, 3.63) is 24.0 Å². The van der Waals surface area contributed by atoms with Gasteiger partial charge in [0.05, 0.1) is 11.8 Å². The second-order valence-corrected chi connectivity index (χ2v) is 3.98. The van der Waals surface area contributed by atoms with E-state index >= 15 is 0 Å². The van der Waals surface area contributed by atoms with Crippen molar-refractivity contribution in [2.75, 3.05) is 5.88 Å². The third-order valence-corrected chi connectivity index (χ3v) is 2.46. The molecule has 0 saturated carbocycles. The number of carbonyl (C=O) groups is 1. The fourth-order valence-electron chi connectivity index (χ4n) is 1.34. The molecule has 0 aliphatic rings. The first kappa shape index (κ1) is 12.8. The van der Waals surface area contributed by atoms with Crippen molar-refractivity contribution >= 4 is 17.5 Å². The lowest BCUT2D eigenvalue weighted by atomic mass is 10.1. The van der Waals surface area contributed by atoms with Gasteiger partial charge in [0.1, 0.15) is 5.75 Å². The molecule has 5 heteroatoms. The molecule has 0 saturated heterocycles. The van der Waals surface area contributed by atoms with Gasteiger partial charge >= 0.3 is 0 Å². The molecule has 1 aromatic heterocycles. The quantitative estimate of drug-likeness (QED) is 0.776. The van der Waals surface area contributed by atoms with Crippen molar-refractivity contribution in [3.8, 4) is 5.75 Å². The molecule has 0 spiro atoms. The highest BCUT2D eigenvalue weighted by Crippen LogP contribution is 2.13. The molecular weight excluding hydrogens is 228 g/mol. The van der Waals surface area contributed by atoms with Crippen molar-refractivity contribution in [1.29, 1.82) is 0 Å². The Kier molecular flexibility index (Phi) is 5.05. The lowest BCUT2D eigenvalue weighted by molar-refractivity contribution is 0.0935. The van der Waals surface area contributed by atoms with Gasteiger partial charge in [-0.05, 0) is 25.8 Å². The number of nitrogens with one attached hydrogen (secondary N) is 1. The van der Waals surface area contributed by atoms with Crippen LogP contribution in [0.5, 0.6) is 5.75 Å². The smallest absolute Gasteiger partial charge is 0.255 e. The average molecular weight is 243 g/mol. The van der Waals surface area contributed by atoms with Crippen molar-refractivity contribution in [2.45, 2.75) is 25.8 Å². The van der Waals surface area contributed by atoms with Crippen molar-refractivity contribution in [2.24, 2.45) is 0 Å². The largest absolute Gasteiger partial charge is 0.505 e. The molecule has 0 bridgehead atoms. The van der Waals surface area contributed by atoms with Crippen molar-refractivity contribution < 1.29 is 9.90 Å². The summed E-state index contributed by atoms with van der Waals surface area (Å²) in [5, 5.41) is 12.2. The summed E-state index contributed by atoms with van der Waals surface area (Å²) >= 11 is 5.56. The van der Waals surface area contributed by atoms with E-state index in [9.17, 15) is 9.90 Å². The second-order valence-electron chi connectivity index (χ2n) is 3.60. The summed E-state index contributed by atoms with van der Waals surface area (Å²) in [7, 11) is 0. The van der Waals surface area contributed by atoms with Crippen LogP contribution in [-0.2, 0) is 0 Å². The van der Waals surface area contributed by atoms with E-state index in [0.29, 0.717) is 5.88 Å². The lowest BCUT2D eigenvalue weighted by Gasteiger charge is -2.13. The summed E-state index contributed by atoms with van der Waals surface area (Å²) in [6.07, 6.45) is 4.39. The van der Waals surface area contributed by atoms with Crippen molar-refractivity contribution in [3.63, 3.8) is 0 Å². The highest BCUT2D eigenvalue weighted by Gasteiger charge is 2.12. The maximum Gasteiger partial charge on any atom is 0.255 e. The van der Waals surface area contributed by atoms with Gasteiger partial charge in [0.2, 0.25) is 0 Å². The molecule has 0 fully saturated rings. The van der Waals surface area contributed by atoms with Crippen LogP contribution in [0.1, 0.15) is 30.1 Å². The average Bonchev–Trinajstić information content (AvgIpc) is 2.26. The molecule has 1 amide bonds. The highest BCUT2D eigenvalue weighted by molar-refractivity contribution is 6.17. The Labute approximate surface area is 99.6 Å². The summed E-state index contributed by atoms with van der Waals surface area (Å²) in [6, 6.07) is 1.53. The maximum absolute atomic E-state index is 11.7. The van der Waals surface area contributed by atoms with Gasteiger partial charge in [0.25, 0.3) is 5.91 Å². The minimum Gasteiger partial charge on any atom is -0.505 e. The Morgan fingerprint density at radius 3 is 3.06 bits per heavy atom. The maximum atomic E-state index is 11.7. The van der Waals surface area contributed by atoms with Crippen LogP contribution in [0.4, 0.5) is 0 Å². The predicted octanol–water partition coefficient (Wildman–Crippen LogP) is 1.92. The van der Waals surface area contributed by atoms with E-state index in [4.69, 9.17) is 11.6 Å². The van der Waals surface area contributed by atoms with E-state index in [1.807, 2.05) is 6.92 Å². The first-order valence-corrected chi connectivity index (χ1v) is 5.68. The van der Waals surface area contributed by atoms with Crippen LogP contribution in [0.3, 0.4) is 0 Å². The summed E-state index contributed by atoms with van der Waals surface area (Å²) in [5.74, 6) is 0.187. The van der Waals surface area contributed by atoms with Crippen LogP contribution >= 0.6 is 11.6 Å². The number of alkyl halides is 1. The number of carbonyl (C=O) groups excluding carboxylic acids is 1. The molecule has 1 unspecified atom stereocenters. The third kappa shape index (κ3) is 3.70. The number of hydrogen-bond acceptors (Lipinski definition) is 3. The highest BCUT2D eigenvalue weighted by atomic mass is 35.5. The van der Waals surface area contributed by atoms with Crippen LogP contribution < -0.4 is 5.32 Å². The minimum atomic E-state index is -0.290. The van der Waals surface area contributed by atoms with Gasteiger partial charge in [-0.15, -0.1) is 11.6 Å². The Morgan fingerprint density at radius 2 is 2.44 bits per heavy atom. The molecule has 1 atom stereocenters. The van der Waals surface area contributed by atoms with Gasteiger partial charge in [0, 0.05) is 18.1 Å². The molecule has 0 radical (unpaired) electrons.